The standard InChI is InChI=1S/C21H28O4S.K/c1-2-3-4-5-6-7-9-12-18-15-16-20(17-21(18)26(22,23)24)25-19-13-10-8-11-14-19;/h8,10-11,13-17H,2-7,9,12H2,1H3,(H,22,23,24);/q;+1/p-1. The van der Waals surface area contributed by atoms with E-state index in [0.29, 0.717) is 23.5 Å². The maximum Gasteiger partial charge on any atom is 1.00 e. The molecule has 0 radical (unpaired) electrons. The second-order valence-corrected chi connectivity index (χ2v) is 7.86. The molecule has 0 unspecified atom stereocenters. The minimum absolute atomic E-state index is 0. The van der Waals surface area contributed by atoms with Gasteiger partial charge in [-0.3, -0.25) is 0 Å². The Bertz CT molecular complexity index is 776. The molecule has 0 atom stereocenters. The van der Waals surface area contributed by atoms with Crippen molar-refractivity contribution < 1.29 is 69.1 Å². The van der Waals surface area contributed by atoms with Gasteiger partial charge >= 0.3 is 51.4 Å². The quantitative estimate of drug-likeness (QED) is 0.322. The topological polar surface area (TPSA) is 66.4 Å². The normalized spacial score (nSPS) is 11.0. The number of hydrogen-bond acceptors (Lipinski definition) is 4. The molecule has 0 saturated carbocycles. The summed E-state index contributed by atoms with van der Waals surface area (Å²) in [6, 6.07) is 13.8. The summed E-state index contributed by atoms with van der Waals surface area (Å²) in [5.74, 6) is 0.954. The van der Waals surface area contributed by atoms with E-state index in [-0.39, 0.29) is 56.3 Å². The molecule has 2 aromatic rings. The van der Waals surface area contributed by atoms with Gasteiger partial charge in [-0.1, -0.05) is 69.7 Å². The van der Waals surface area contributed by atoms with Crippen LogP contribution in [-0.2, 0) is 16.5 Å². The van der Waals surface area contributed by atoms with Crippen molar-refractivity contribution in [3.05, 3.63) is 54.1 Å². The molecule has 0 saturated heterocycles. The molecule has 6 heteroatoms. The van der Waals surface area contributed by atoms with Gasteiger partial charge in [-0.05, 0) is 42.7 Å². The van der Waals surface area contributed by atoms with Gasteiger partial charge in [-0.15, -0.1) is 0 Å². The van der Waals surface area contributed by atoms with Gasteiger partial charge in [0.05, 0.1) is 4.90 Å². The van der Waals surface area contributed by atoms with Crippen molar-refractivity contribution in [1.82, 2.24) is 0 Å². The van der Waals surface area contributed by atoms with E-state index in [1.54, 1.807) is 24.3 Å². The predicted molar refractivity (Wildman–Crippen MR) is 103 cm³/mol. The molecular formula is C21H27KO4S. The van der Waals surface area contributed by atoms with Gasteiger partial charge in [-0.25, -0.2) is 8.42 Å². The van der Waals surface area contributed by atoms with Crippen LogP contribution in [0.1, 0.15) is 57.4 Å². The second-order valence-electron chi connectivity index (χ2n) is 6.51. The van der Waals surface area contributed by atoms with E-state index >= 15 is 0 Å². The zero-order chi connectivity index (χ0) is 18.8. The van der Waals surface area contributed by atoms with Gasteiger partial charge < -0.3 is 9.29 Å². The zero-order valence-electron chi connectivity index (χ0n) is 16.3. The Kier molecular flexibility index (Phi) is 12.0. The first-order valence-corrected chi connectivity index (χ1v) is 10.7. The maximum absolute atomic E-state index is 11.7. The second kappa shape index (κ2) is 13.1. The molecular weight excluding hydrogens is 387 g/mol. The fraction of sp³-hybridized carbons (Fsp3) is 0.429. The molecule has 0 heterocycles. The molecule has 0 fully saturated rings. The molecule has 0 spiro atoms. The third-order valence-electron chi connectivity index (χ3n) is 4.34. The van der Waals surface area contributed by atoms with Crippen LogP contribution < -0.4 is 56.1 Å². The van der Waals surface area contributed by atoms with E-state index in [4.69, 9.17) is 4.74 Å². The average molecular weight is 415 g/mol. The van der Waals surface area contributed by atoms with Crippen LogP contribution in [-0.4, -0.2) is 13.0 Å². The fourth-order valence-corrected chi connectivity index (χ4v) is 3.69. The van der Waals surface area contributed by atoms with Gasteiger partial charge in [0, 0.05) is 0 Å². The molecule has 0 aliphatic rings. The average Bonchev–Trinajstić information content (AvgIpc) is 2.62. The van der Waals surface area contributed by atoms with E-state index in [1.165, 1.54) is 31.7 Å². The first kappa shape index (κ1) is 24.8. The number of para-hydroxylation sites is 1. The third kappa shape index (κ3) is 9.22. The Morgan fingerprint density at radius 1 is 0.852 bits per heavy atom. The number of rotatable bonds is 11. The van der Waals surface area contributed by atoms with Crippen LogP contribution >= 0.6 is 0 Å². The summed E-state index contributed by atoms with van der Waals surface area (Å²) in [5, 5.41) is 0. The Morgan fingerprint density at radius 2 is 1.48 bits per heavy atom. The number of ether oxygens (including phenoxy) is 1. The van der Waals surface area contributed by atoms with Gasteiger partial charge in [0.1, 0.15) is 21.6 Å². The molecule has 0 aliphatic carbocycles. The molecule has 142 valence electrons. The summed E-state index contributed by atoms with van der Waals surface area (Å²) in [4.78, 5) is -0.170. The first-order valence-electron chi connectivity index (χ1n) is 9.32. The Labute approximate surface area is 205 Å². The predicted octanol–water partition coefficient (Wildman–Crippen LogP) is 2.68. The summed E-state index contributed by atoms with van der Waals surface area (Å²) in [6.07, 6.45) is 8.62. The van der Waals surface area contributed by atoms with Crippen LogP contribution in [0, 0.1) is 0 Å². The fourth-order valence-electron chi connectivity index (χ4n) is 2.93. The minimum Gasteiger partial charge on any atom is -0.744 e. The Hall–Kier alpha value is -0.214. The van der Waals surface area contributed by atoms with Crippen molar-refractivity contribution >= 4 is 10.1 Å². The Morgan fingerprint density at radius 3 is 2.11 bits per heavy atom. The summed E-state index contributed by atoms with van der Waals surface area (Å²) < 4.78 is 40.6. The smallest absolute Gasteiger partial charge is 0.744 e. The van der Waals surface area contributed by atoms with E-state index in [9.17, 15) is 13.0 Å². The van der Waals surface area contributed by atoms with Crippen molar-refractivity contribution in [3.8, 4) is 11.5 Å². The number of benzene rings is 2. The van der Waals surface area contributed by atoms with Crippen molar-refractivity contribution in [2.75, 3.05) is 0 Å². The van der Waals surface area contributed by atoms with Gasteiger partial charge in [0.15, 0.2) is 0 Å². The molecule has 2 aromatic carbocycles. The Balaban J connectivity index is 0.00000364. The monoisotopic (exact) mass is 414 g/mol. The number of unbranched alkanes of at least 4 members (excludes halogenated alkanes) is 6. The number of aryl methyl sites for hydroxylation is 1. The molecule has 0 aromatic heterocycles. The minimum atomic E-state index is -4.53. The molecule has 0 N–H and O–H groups in total. The summed E-state index contributed by atoms with van der Waals surface area (Å²) >= 11 is 0. The SMILES string of the molecule is CCCCCCCCCc1ccc(Oc2ccccc2)cc1S(=O)(=O)[O-].[K+]. The van der Waals surface area contributed by atoms with E-state index in [1.807, 2.05) is 18.2 Å². The van der Waals surface area contributed by atoms with Crippen LogP contribution in [0.25, 0.3) is 0 Å². The van der Waals surface area contributed by atoms with Crippen LogP contribution in [0.5, 0.6) is 11.5 Å². The van der Waals surface area contributed by atoms with Gasteiger partial charge in [-0.2, -0.15) is 0 Å². The van der Waals surface area contributed by atoms with Crippen molar-refractivity contribution in [3.63, 3.8) is 0 Å². The third-order valence-corrected chi connectivity index (χ3v) is 5.26. The maximum atomic E-state index is 11.7. The van der Waals surface area contributed by atoms with E-state index in [2.05, 4.69) is 6.92 Å². The van der Waals surface area contributed by atoms with Gasteiger partial charge in [0.2, 0.25) is 0 Å². The zero-order valence-corrected chi connectivity index (χ0v) is 20.3. The van der Waals surface area contributed by atoms with E-state index in [0.717, 1.165) is 19.3 Å². The van der Waals surface area contributed by atoms with E-state index < -0.39 is 10.1 Å². The van der Waals surface area contributed by atoms with Crippen LogP contribution in [0.4, 0.5) is 0 Å². The van der Waals surface area contributed by atoms with Gasteiger partial charge in [0.25, 0.3) is 0 Å². The van der Waals surface area contributed by atoms with Crippen LogP contribution in [0.3, 0.4) is 0 Å². The largest absolute Gasteiger partial charge is 1.00 e. The number of hydrogen-bond donors (Lipinski definition) is 0. The summed E-state index contributed by atoms with van der Waals surface area (Å²) in [5.41, 5.74) is 0.578. The first-order chi connectivity index (χ1) is 12.5. The molecule has 2 rings (SSSR count). The molecule has 27 heavy (non-hydrogen) atoms. The molecule has 4 nitrogen and oxygen atoms in total. The molecule has 0 aliphatic heterocycles. The van der Waals surface area contributed by atoms with Crippen LogP contribution in [0.2, 0.25) is 0 Å². The summed E-state index contributed by atoms with van der Waals surface area (Å²) in [7, 11) is -4.53. The molecule has 0 bridgehead atoms. The van der Waals surface area contributed by atoms with Crippen LogP contribution in [0.15, 0.2) is 53.4 Å². The van der Waals surface area contributed by atoms with Crippen molar-refractivity contribution in [1.29, 1.82) is 0 Å². The van der Waals surface area contributed by atoms with Crippen molar-refractivity contribution in [2.24, 2.45) is 0 Å². The molecule has 0 amide bonds. The van der Waals surface area contributed by atoms with Crippen molar-refractivity contribution in [2.45, 2.75) is 63.2 Å². The summed E-state index contributed by atoms with van der Waals surface area (Å²) in [6.45, 7) is 2.19.